The minimum Gasteiger partial charge on any atom is -0.381 e. The van der Waals surface area contributed by atoms with Crippen LogP contribution in [0.15, 0.2) is 53.4 Å². The van der Waals surface area contributed by atoms with Gasteiger partial charge >= 0.3 is 0 Å². The van der Waals surface area contributed by atoms with Gasteiger partial charge in [-0.05, 0) is 61.1 Å². The molecule has 0 radical (unpaired) electrons. The van der Waals surface area contributed by atoms with Gasteiger partial charge in [0.15, 0.2) is 0 Å². The molecule has 0 bridgehead atoms. The number of nitrogens with zero attached hydrogens (tertiary/aromatic N) is 1. The summed E-state index contributed by atoms with van der Waals surface area (Å²) in [7, 11) is -3.56. The van der Waals surface area contributed by atoms with Crippen LogP contribution in [0.2, 0.25) is 5.02 Å². The third kappa shape index (κ3) is 4.51. The molecule has 150 valence electrons. The minimum atomic E-state index is -3.56. The molecule has 5 nitrogen and oxygen atoms in total. The monoisotopic (exact) mass is 420 g/mol. The summed E-state index contributed by atoms with van der Waals surface area (Å²) in [6.07, 6.45) is 2.71. The summed E-state index contributed by atoms with van der Waals surface area (Å²) in [4.78, 5) is 2.60. The van der Waals surface area contributed by atoms with Crippen LogP contribution in [0.25, 0.3) is 0 Å². The summed E-state index contributed by atoms with van der Waals surface area (Å²) < 4.78 is 34.0. The van der Waals surface area contributed by atoms with Crippen molar-refractivity contribution < 1.29 is 13.2 Å². The molecule has 2 aromatic carbocycles. The molecule has 0 saturated carbocycles. The van der Waals surface area contributed by atoms with Gasteiger partial charge in [-0.15, -0.1) is 0 Å². The van der Waals surface area contributed by atoms with E-state index in [1.165, 1.54) is 0 Å². The molecule has 1 saturated heterocycles. The third-order valence-corrected chi connectivity index (χ3v) is 7.26. The van der Waals surface area contributed by atoms with Gasteiger partial charge in [0.05, 0.1) is 4.90 Å². The summed E-state index contributed by atoms with van der Waals surface area (Å²) in [6.45, 7) is 3.16. The molecule has 2 heterocycles. The molecule has 1 N–H and O–H groups in total. The van der Waals surface area contributed by atoms with Gasteiger partial charge in [-0.2, -0.15) is 0 Å². The van der Waals surface area contributed by atoms with E-state index in [0.717, 1.165) is 43.9 Å². The lowest BCUT2D eigenvalue weighted by Crippen LogP contribution is -2.49. The first kappa shape index (κ1) is 19.7. The fourth-order valence-electron chi connectivity index (χ4n) is 4.10. The lowest BCUT2D eigenvalue weighted by Gasteiger charge is -2.39. The van der Waals surface area contributed by atoms with E-state index in [4.69, 9.17) is 16.3 Å². The Labute approximate surface area is 171 Å². The highest BCUT2D eigenvalue weighted by atomic mass is 35.5. The Bertz CT molecular complexity index is 915. The Balaban J connectivity index is 1.56. The highest BCUT2D eigenvalue weighted by molar-refractivity contribution is 7.89. The van der Waals surface area contributed by atoms with Crippen LogP contribution in [0.5, 0.6) is 0 Å². The Morgan fingerprint density at radius 1 is 1.11 bits per heavy atom. The maximum Gasteiger partial charge on any atom is 0.240 e. The number of rotatable bonds is 5. The summed E-state index contributed by atoms with van der Waals surface area (Å²) in [5, 5.41) is 0.677. The maximum absolute atomic E-state index is 12.8. The van der Waals surface area contributed by atoms with Crippen LogP contribution in [-0.4, -0.2) is 40.8 Å². The number of hydrogen-bond donors (Lipinski definition) is 1. The molecule has 0 amide bonds. The van der Waals surface area contributed by atoms with Crippen LogP contribution in [-0.2, 0) is 21.2 Å². The Kier molecular flexibility index (Phi) is 5.92. The largest absolute Gasteiger partial charge is 0.381 e. The Morgan fingerprint density at radius 2 is 1.86 bits per heavy atom. The van der Waals surface area contributed by atoms with Crippen LogP contribution in [0.4, 0.5) is 5.69 Å². The Hall–Kier alpha value is -1.60. The van der Waals surface area contributed by atoms with E-state index in [1.54, 1.807) is 24.3 Å². The predicted molar refractivity (Wildman–Crippen MR) is 111 cm³/mol. The van der Waals surface area contributed by atoms with Gasteiger partial charge in [0.25, 0.3) is 0 Å². The first-order chi connectivity index (χ1) is 13.5. The van der Waals surface area contributed by atoms with Gasteiger partial charge in [-0.25, -0.2) is 13.1 Å². The van der Waals surface area contributed by atoms with Crippen LogP contribution >= 0.6 is 11.6 Å². The van der Waals surface area contributed by atoms with E-state index in [9.17, 15) is 8.42 Å². The van der Waals surface area contributed by atoms with Crippen molar-refractivity contribution in [2.75, 3.05) is 31.2 Å². The van der Waals surface area contributed by atoms with Crippen molar-refractivity contribution in [3.8, 4) is 0 Å². The quantitative estimate of drug-likeness (QED) is 0.804. The summed E-state index contributed by atoms with van der Waals surface area (Å²) in [5.41, 5.74) is 2.25. The number of sulfonamides is 1. The third-order valence-electron chi connectivity index (χ3n) is 5.48. The molecular weight excluding hydrogens is 396 g/mol. The Morgan fingerprint density at radius 3 is 2.61 bits per heavy atom. The number of hydrogen-bond acceptors (Lipinski definition) is 4. The first-order valence-electron chi connectivity index (χ1n) is 9.70. The molecule has 2 aliphatic heterocycles. The van der Waals surface area contributed by atoms with Gasteiger partial charge < -0.3 is 9.64 Å². The molecule has 2 aliphatic rings. The van der Waals surface area contributed by atoms with Crippen molar-refractivity contribution in [2.45, 2.75) is 30.2 Å². The predicted octanol–water partition coefficient (Wildman–Crippen LogP) is 3.48. The van der Waals surface area contributed by atoms with Crippen LogP contribution in [0.1, 0.15) is 18.4 Å². The molecule has 1 unspecified atom stereocenters. The molecule has 0 spiro atoms. The van der Waals surface area contributed by atoms with Crippen molar-refractivity contribution in [3.63, 3.8) is 0 Å². The normalized spacial score (nSPS) is 20.8. The lowest BCUT2D eigenvalue weighted by molar-refractivity contribution is 0.0680. The molecule has 0 aromatic heterocycles. The smallest absolute Gasteiger partial charge is 0.240 e. The van der Waals surface area contributed by atoms with Gasteiger partial charge in [0, 0.05) is 43.1 Å². The average molecular weight is 421 g/mol. The second-order valence-electron chi connectivity index (χ2n) is 7.57. The van der Waals surface area contributed by atoms with Crippen molar-refractivity contribution in [1.29, 1.82) is 0 Å². The number of halogens is 1. The van der Waals surface area contributed by atoms with E-state index in [2.05, 4.69) is 15.7 Å². The number of anilines is 1. The van der Waals surface area contributed by atoms with E-state index in [-0.39, 0.29) is 6.04 Å². The topological polar surface area (TPSA) is 58.6 Å². The van der Waals surface area contributed by atoms with E-state index in [0.29, 0.717) is 28.8 Å². The summed E-state index contributed by atoms with van der Waals surface area (Å²) >= 11 is 6.22. The van der Waals surface area contributed by atoms with Crippen LogP contribution in [0.3, 0.4) is 0 Å². The number of fused-ring (bicyclic) bond motifs is 1. The standard InChI is InChI=1S/C21H25ClN2O3S/c22-18-6-7-21-17(12-18)13-19(15-24(21)14-16-8-10-27-11-9-16)23-28(25,26)20-4-2-1-3-5-20/h1-7,12,16,19,23H,8-11,13-15H2. The van der Waals surface area contributed by atoms with Gasteiger partial charge in [-0.1, -0.05) is 29.8 Å². The molecule has 7 heteroatoms. The molecule has 0 aliphatic carbocycles. The zero-order valence-electron chi connectivity index (χ0n) is 15.7. The van der Waals surface area contributed by atoms with Crippen molar-refractivity contribution in [1.82, 2.24) is 4.72 Å². The number of nitrogens with one attached hydrogen (secondary N) is 1. The molecule has 4 rings (SSSR count). The molecule has 1 atom stereocenters. The van der Waals surface area contributed by atoms with Crippen molar-refractivity contribution >= 4 is 27.3 Å². The number of ether oxygens (including phenoxy) is 1. The van der Waals surface area contributed by atoms with E-state index in [1.807, 2.05) is 18.2 Å². The maximum atomic E-state index is 12.8. The number of benzene rings is 2. The lowest BCUT2D eigenvalue weighted by atomic mass is 9.94. The second kappa shape index (κ2) is 8.41. The van der Waals surface area contributed by atoms with E-state index >= 15 is 0 Å². The fraction of sp³-hybridized carbons (Fsp3) is 0.429. The van der Waals surface area contributed by atoms with Crippen molar-refractivity contribution in [2.24, 2.45) is 5.92 Å². The zero-order valence-corrected chi connectivity index (χ0v) is 17.3. The summed E-state index contributed by atoms with van der Waals surface area (Å²) in [6, 6.07) is 14.3. The van der Waals surface area contributed by atoms with Crippen LogP contribution in [0, 0.1) is 5.92 Å². The minimum absolute atomic E-state index is 0.198. The zero-order chi connectivity index (χ0) is 19.6. The van der Waals surface area contributed by atoms with Gasteiger partial charge in [-0.3, -0.25) is 0 Å². The second-order valence-corrected chi connectivity index (χ2v) is 9.72. The molecule has 1 fully saturated rings. The SMILES string of the molecule is O=S(=O)(NC1Cc2cc(Cl)ccc2N(CC2CCOCC2)C1)c1ccccc1. The highest BCUT2D eigenvalue weighted by Gasteiger charge is 2.30. The average Bonchev–Trinajstić information content (AvgIpc) is 2.69. The van der Waals surface area contributed by atoms with Crippen molar-refractivity contribution in [3.05, 3.63) is 59.1 Å². The first-order valence-corrected chi connectivity index (χ1v) is 11.6. The van der Waals surface area contributed by atoms with Gasteiger partial charge in [0.1, 0.15) is 0 Å². The molecule has 28 heavy (non-hydrogen) atoms. The van der Waals surface area contributed by atoms with E-state index < -0.39 is 10.0 Å². The molecular formula is C21H25ClN2O3S. The van der Waals surface area contributed by atoms with Gasteiger partial charge in [0.2, 0.25) is 10.0 Å². The van der Waals surface area contributed by atoms with Crippen LogP contribution < -0.4 is 9.62 Å². The highest BCUT2D eigenvalue weighted by Crippen LogP contribution is 2.32. The fourth-order valence-corrected chi connectivity index (χ4v) is 5.54. The molecule has 2 aromatic rings. The summed E-state index contributed by atoms with van der Waals surface area (Å²) in [5.74, 6) is 0.557.